The zero-order chi connectivity index (χ0) is 14.8. The Kier molecular flexibility index (Phi) is 8.95. The van der Waals surface area contributed by atoms with Gasteiger partial charge in [-0.15, -0.1) is 0 Å². The van der Waals surface area contributed by atoms with Crippen LogP contribution in [0.4, 0.5) is 0 Å². The number of rotatable bonds is 10. The van der Waals surface area contributed by atoms with Crippen LogP contribution >= 0.6 is 8.92 Å². The van der Waals surface area contributed by atoms with Gasteiger partial charge in [0.25, 0.3) is 0 Å². The normalized spacial score (nSPS) is 11.6. The van der Waals surface area contributed by atoms with Gasteiger partial charge in [0, 0.05) is 0 Å². The van der Waals surface area contributed by atoms with E-state index in [2.05, 4.69) is 44.7 Å². The summed E-state index contributed by atoms with van der Waals surface area (Å²) >= 11 is -2.35. The third-order valence-electron chi connectivity index (χ3n) is 4.01. The SMILES string of the molecule is C=Cc1cccc(C[CH2][Sn]([Cl])([CH2]CCC)[CH2]CCC)c1. The standard InChI is InChI=1S/C10H11.2C4H9.ClH.Sn/c1-3-9-6-5-7-10(4-2)8-9;2*1-3-4-2;;/h3,5-8H,1-2,4H2;2*1,3-4H2,2H3;1H;/q;;;;+1/p-1. The first-order chi connectivity index (χ1) is 9.63. The van der Waals surface area contributed by atoms with Gasteiger partial charge >= 0.3 is 133 Å². The molecule has 0 saturated heterocycles. The Balaban J connectivity index is 2.61. The Morgan fingerprint density at radius 3 is 2.30 bits per heavy atom. The summed E-state index contributed by atoms with van der Waals surface area (Å²) in [5.41, 5.74) is 2.65. The van der Waals surface area contributed by atoms with Crippen molar-refractivity contribution in [2.75, 3.05) is 0 Å². The van der Waals surface area contributed by atoms with E-state index in [1.807, 2.05) is 6.08 Å². The van der Waals surface area contributed by atoms with Crippen molar-refractivity contribution >= 4 is 32.2 Å². The van der Waals surface area contributed by atoms with Crippen molar-refractivity contribution in [1.29, 1.82) is 0 Å². The van der Waals surface area contributed by atoms with E-state index in [0.717, 1.165) is 6.42 Å². The van der Waals surface area contributed by atoms with Gasteiger partial charge in [-0.1, -0.05) is 0 Å². The Morgan fingerprint density at radius 2 is 1.75 bits per heavy atom. The molecule has 0 saturated carbocycles. The van der Waals surface area contributed by atoms with Crippen LogP contribution in [0.25, 0.3) is 6.08 Å². The minimum absolute atomic E-state index is 1.16. The Labute approximate surface area is 133 Å². The molecule has 0 heterocycles. The van der Waals surface area contributed by atoms with Crippen molar-refractivity contribution in [1.82, 2.24) is 0 Å². The van der Waals surface area contributed by atoms with Crippen LogP contribution < -0.4 is 0 Å². The molecule has 0 aliphatic heterocycles. The Hall–Kier alpha value is 0.0487. The summed E-state index contributed by atoms with van der Waals surface area (Å²) in [7, 11) is 7.11. The number of unbranched alkanes of at least 4 members (excludes halogenated alkanes) is 2. The van der Waals surface area contributed by atoms with Crippen LogP contribution in [-0.4, -0.2) is 17.3 Å². The van der Waals surface area contributed by atoms with Crippen LogP contribution in [0.15, 0.2) is 30.8 Å². The van der Waals surface area contributed by atoms with E-state index >= 15 is 0 Å². The molecule has 1 rings (SSSR count). The molecule has 0 bridgehead atoms. The van der Waals surface area contributed by atoms with E-state index < -0.39 is 17.3 Å². The van der Waals surface area contributed by atoms with Crippen LogP contribution in [0.3, 0.4) is 0 Å². The molecule has 0 unspecified atom stereocenters. The molecule has 0 fully saturated rings. The molecule has 0 radical (unpaired) electrons. The molecule has 0 aliphatic carbocycles. The molecule has 0 atom stereocenters. The number of hydrogen-bond donors (Lipinski definition) is 0. The van der Waals surface area contributed by atoms with Gasteiger partial charge in [-0.3, -0.25) is 0 Å². The van der Waals surface area contributed by atoms with Crippen molar-refractivity contribution < 1.29 is 0 Å². The topological polar surface area (TPSA) is 0 Å². The van der Waals surface area contributed by atoms with Crippen LogP contribution in [0.2, 0.25) is 13.3 Å². The van der Waals surface area contributed by atoms with Crippen molar-refractivity contribution in [2.45, 2.75) is 59.3 Å². The third-order valence-corrected chi connectivity index (χ3v) is 18.2. The summed E-state index contributed by atoms with van der Waals surface area (Å²) in [6.45, 7) is 8.40. The zero-order valence-corrected chi connectivity index (χ0v) is 16.7. The third kappa shape index (κ3) is 6.67. The summed E-state index contributed by atoms with van der Waals surface area (Å²) in [6.07, 6.45) is 8.31. The molecule has 0 spiro atoms. The molecule has 112 valence electrons. The molecule has 1 aromatic rings. The van der Waals surface area contributed by atoms with E-state index in [-0.39, 0.29) is 0 Å². The van der Waals surface area contributed by atoms with Crippen molar-refractivity contribution in [2.24, 2.45) is 0 Å². The van der Waals surface area contributed by atoms with E-state index in [0.29, 0.717) is 0 Å². The van der Waals surface area contributed by atoms with Crippen LogP contribution in [0.5, 0.6) is 0 Å². The van der Waals surface area contributed by atoms with Crippen LogP contribution in [0, 0.1) is 0 Å². The second kappa shape index (κ2) is 9.89. The molecule has 0 aromatic heterocycles. The first kappa shape index (κ1) is 18.1. The second-order valence-corrected chi connectivity index (χ2v) is 22.0. The minimum atomic E-state index is -2.35. The van der Waals surface area contributed by atoms with Crippen molar-refractivity contribution in [3.05, 3.63) is 42.0 Å². The molecule has 1 aromatic carbocycles. The van der Waals surface area contributed by atoms with Crippen LogP contribution in [-0.2, 0) is 6.42 Å². The first-order valence-electron chi connectivity index (χ1n) is 8.04. The van der Waals surface area contributed by atoms with E-state index in [1.165, 1.54) is 50.1 Å². The van der Waals surface area contributed by atoms with Gasteiger partial charge in [-0.2, -0.15) is 0 Å². The summed E-state index contributed by atoms with van der Waals surface area (Å²) < 4.78 is 4.00. The molecule has 20 heavy (non-hydrogen) atoms. The Bertz CT molecular complexity index is 392. The van der Waals surface area contributed by atoms with E-state index in [4.69, 9.17) is 8.92 Å². The van der Waals surface area contributed by atoms with Crippen molar-refractivity contribution in [3.8, 4) is 0 Å². The zero-order valence-electron chi connectivity index (χ0n) is 13.1. The maximum atomic E-state index is 7.11. The number of aryl methyl sites for hydroxylation is 1. The fourth-order valence-corrected chi connectivity index (χ4v) is 14.9. The average molecular weight is 400 g/mol. The van der Waals surface area contributed by atoms with Gasteiger partial charge in [0.05, 0.1) is 0 Å². The molecule has 0 amide bonds. The van der Waals surface area contributed by atoms with Gasteiger partial charge in [0.1, 0.15) is 0 Å². The molecular formula is C18H29ClSn. The first-order valence-corrected chi connectivity index (χ1v) is 17.7. The number of benzene rings is 1. The molecule has 2 heteroatoms. The van der Waals surface area contributed by atoms with Gasteiger partial charge in [-0.05, 0) is 0 Å². The molecule has 0 aliphatic rings. The maximum absolute atomic E-state index is 7.11. The van der Waals surface area contributed by atoms with Gasteiger partial charge in [-0.25, -0.2) is 0 Å². The summed E-state index contributed by atoms with van der Waals surface area (Å²) in [5, 5.41) is 0. The Morgan fingerprint density at radius 1 is 1.10 bits per heavy atom. The van der Waals surface area contributed by atoms with E-state index in [9.17, 15) is 0 Å². The predicted molar refractivity (Wildman–Crippen MR) is 96.1 cm³/mol. The predicted octanol–water partition coefficient (Wildman–Crippen LogP) is 6.66. The summed E-state index contributed by atoms with van der Waals surface area (Å²) in [6, 6.07) is 8.74. The van der Waals surface area contributed by atoms with Gasteiger partial charge < -0.3 is 0 Å². The van der Waals surface area contributed by atoms with Crippen LogP contribution in [0.1, 0.15) is 50.7 Å². The fourth-order valence-electron chi connectivity index (χ4n) is 2.61. The van der Waals surface area contributed by atoms with Gasteiger partial charge in [0.15, 0.2) is 0 Å². The monoisotopic (exact) mass is 400 g/mol. The van der Waals surface area contributed by atoms with E-state index in [1.54, 1.807) is 0 Å². The summed E-state index contributed by atoms with van der Waals surface area (Å²) in [5.74, 6) is 0. The molecule has 0 nitrogen and oxygen atoms in total. The quantitative estimate of drug-likeness (QED) is 0.386. The average Bonchev–Trinajstić information content (AvgIpc) is 2.49. The molecular weight excluding hydrogens is 370 g/mol. The number of hydrogen-bond acceptors (Lipinski definition) is 0. The van der Waals surface area contributed by atoms with Gasteiger partial charge in [0.2, 0.25) is 0 Å². The van der Waals surface area contributed by atoms with Crippen molar-refractivity contribution in [3.63, 3.8) is 0 Å². The molecule has 0 N–H and O–H groups in total. The second-order valence-electron chi connectivity index (χ2n) is 5.81. The fraction of sp³-hybridized carbons (Fsp3) is 0.556. The summed E-state index contributed by atoms with van der Waals surface area (Å²) in [4.78, 5) is 0. The number of halogens is 1.